The van der Waals surface area contributed by atoms with Crippen LogP contribution in [0.3, 0.4) is 0 Å². The number of hydrogen-bond acceptors (Lipinski definition) is 6. The number of anilines is 5. The molecule has 4 aromatic carbocycles. The third-order valence-electron chi connectivity index (χ3n) is 7.67. The molecule has 0 aliphatic carbocycles. The van der Waals surface area contributed by atoms with Crippen LogP contribution < -0.4 is 26.2 Å². The van der Waals surface area contributed by atoms with Gasteiger partial charge in [-0.1, -0.05) is 35.9 Å². The number of carbonyl (C=O) groups is 3. The highest BCUT2D eigenvalue weighted by atomic mass is 35.5. The zero-order valence-electron chi connectivity index (χ0n) is 24.1. The minimum Gasteiger partial charge on any atom is -0.369 e. The highest BCUT2D eigenvalue weighted by molar-refractivity contribution is 6.32. The highest BCUT2D eigenvalue weighted by Gasteiger charge is 2.25. The van der Waals surface area contributed by atoms with Crippen LogP contribution in [0.25, 0.3) is 5.57 Å². The van der Waals surface area contributed by atoms with E-state index in [-0.39, 0.29) is 11.7 Å². The average molecular weight is 607 g/mol. The summed E-state index contributed by atoms with van der Waals surface area (Å²) >= 11 is 5.90. The first-order valence-electron chi connectivity index (χ1n) is 14.3. The van der Waals surface area contributed by atoms with E-state index in [1.54, 1.807) is 72.9 Å². The van der Waals surface area contributed by atoms with E-state index < -0.39 is 6.03 Å². The first-order chi connectivity index (χ1) is 21.3. The molecule has 0 atom stereocenters. The van der Waals surface area contributed by atoms with Crippen molar-refractivity contribution in [2.75, 3.05) is 59.4 Å². The summed E-state index contributed by atoms with van der Waals surface area (Å²) < 4.78 is 0. The Morgan fingerprint density at radius 3 is 2.23 bits per heavy atom. The van der Waals surface area contributed by atoms with Crippen molar-refractivity contribution in [3.8, 4) is 0 Å². The molecule has 2 aliphatic rings. The maximum atomic E-state index is 13.4. The molecule has 222 valence electrons. The third kappa shape index (κ3) is 6.59. The highest BCUT2D eigenvalue weighted by Crippen LogP contribution is 2.33. The number of halogens is 1. The van der Waals surface area contributed by atoms with Gasteiger partial charge in [-0.25, -0.2) is 4.79 Å². The van der Waals surface area contributed by atoms with Crippen molar-refractivity contribution in [3.05, 3.63) is 119 Å². The topological polar surface area (TPSA) is 106 Å². The van der Waals surface area contributed by atoms with Gasteiger partial charge in [0.2, 0.25) is 0 Å². The molecule has 2 aliphatic heterocycles. The van der Waals surface area contributed by atoms with Gasteiger partial charge in [-0.2, -0.15) is 0 Å². The predicted octanol–water partition coefficient (Wildman–Crippen LogP) is 6.37. The van der Waals surface area contributed by atoms with Gasteiger partial charge in [0.1, 0.15) is 0 Å². The number of benzene rings is 4. The number of urea groups is 1. The van der Waals surface area contributed by atoms with Crippen molar-refractivity contribution in [2.45, 2.75) is 0 Å². The maximum Gasteiger partial charge on any atom is 0.323 e. The number of hydrogen-bond donors (Lipinski definition) is 4. The van der Waals surface area contributed by atoms with Crippen molar-refractivity contribution in [1.29, 1.82) is 0 Å². The predicted molar refractivity (Wildman–Crippen MR) is 177 cm³/mol. The Labute approximate surface area is 260 Å². The Balaban J connectivity index is 1.11. The average Bonchev–Trinajstić information content (AvgIpc) is 3.35. The van der Waals surface area contributed by atoms with Crippen LogP contribution in [0.5, 0.6) is 0 Å². The number of nitrogens with zero attached hydrogens (tertiary/aromatic N) is 2. The summed E-state index contributed by atoms with van der Waals surface area (Å²) in [7, 11) is 2.14. The minimum absolute atomic E-state index is 0.236. The summed E-state index contributed by atoms with van der Waals surface area (Å²) in [5, 5.41) is 12.1. The van der Waals surface area contributed by atoms with Gasteiger partial charge in [-0.05, 0) is 73.8 Å². The number of likely N-dealkylation sites (N-methyl/N-ethyl adjacent to an activating group) is 1. The van der Waals surface area contributed by atoms with Crippen molar-refractivity contribution in [1.82, 2.24) is 4.90 Å². The first-order valence-corrected chi connectivity index (χ1v) is 14.6. The van der Waals surface area contributed by atoms with E-state index in [1.807, 2.05) is 12.1 Å². The molecule has 6 rings (SSSR count). The summed E-state index contributed by atoms with van der Waals surface area (Å²) in [5.41, 5.74) is 5.68. The summed E-state index contributed by atoms with van der Waals surface area (Å²) in [6.07, 6.45) is 1.69. The summed E-state index contributed by atoms with van der Waals surface area (Å²) in [6, 6.07) is 26.3. The van der Waals surface area contributed by atoms with Gasteiger partial charge in [-0.3, -0.25) is 9.59 Å². The lowest BCUT2D eigenvalue weighted by atomic mass is 9.99. The molecule has 9 nitrogen and oxygen atoms in total. The molecule has 10 heteroatoms. The summed E-state index contributed by atoms with van der Waals surface area (Å²) in [4.78, 5) is 43.3. The van der Waals surface area contributed by atoms with Crippen molar-refractivity contribution >= 4 is 63.3 Å². The van der Waals surface area contributed by atoms with E-state index in [2.05, 4.69) is 50.2 Å². The van der Waals surface area contributed by atoms with Crippen molar-refractivity contribution in [3.63, 3.8) is 0 Å². The lowest BCUT2D eigenvalue weighted by molar-refractivity contribution is -0.110. The van der Waals surface area contributed by atoms with E-state index in [0.717, 1.165) is 31.9 Å². The maximum absolute atomic E-state index is 13.4. The summed E-state index contributed by atoms with van der Waals surface area (Å²) in [5.74, 6) is -0.483. The normalized spacial score (nSPS) is 15.5. The second-order valence-electron chi connectivity index (χ2n) is 10.7. The molecule has 4 N–H and O–H groups in total. The molecular weight excluding hydrogens is 576 g/mol. The third-order valence-corrected chi connectivity index (χ3v) is 7.92. The Morgan fingerprint density at radius 2 is 1.48 bits per heavy atom. The molecule has 4 aromatic rings. The van der Waals surface area contributed by atoms with E-state index >= 15 is 0 Å². The van der Waals surface area contributed by atoms with Crippen LogP contribution in [-0.4, -0.2) is 55.8 Å². The Morgan fingerprint density at radius 1 is 0.795 bits per heavy atom. The number of fused-ring (bicyclic) bond motifs is 1. The molecule has 1 saturated heterocycles. The number of ketones is 1. The molecule has 1 fully saturated rings. The standard InChI is InChI=1S/C34H31ClN6O3/c1-40-15-17-41(18-16-40)28-12-10-25(11-13-28)36-21-30-29-14-5-23(20-31(29)39-33(30)43)32(42)22-3-2-4-27(19-22)38-34(44)37-26-8-6-24(35)7-9-26/h2-14,19-21,36H,15-18H2,1H3,(H,39,43)(H2,37,38,44). The fourth-order valence-electron chi connectivity index (χ4n) is 5.20. The fourth-order valence-corrected chi connectivity index (χ4v) is 5.33. The molecular formula is C34H31ClN6O3. The molecule has 0 unspecified atom stereocenters. The number of carbonyl (C=O) groups excluding carboxylic acids is 3. The fraction of sp³-hybridized carbons (Fsp3) is 0.147. The van der Waals surface area contributed by atoms with Crippen LogP contribution in [0.4, 0.5) is 33.2 Å². The van der Waals surface area contributed by atoms with Crippen molar-refractivity contribution < 1.29 is 14.4 Å². The number of nitrogens with one attached hydrogen (secondary N) is 4. The molecule has 0 spiro atoms. The van der Waals surface area contributed by atoms with E-state index in [4.69, 9.17) is 11.6 Å². The van der Waals surface area contributed by atoms with Crippen LogP contribution in [0.1, 0.15) is 21.5 Å². The van der Waals surface area contributed by atoms with Crippen LogP contribution in [0.2, 0.25) is 5.02 Å². The summed E-state index contributed by atoms with van der Waals surface area (Å²) in [6.45, 7) is 4.09. The Bertz CT molecular complexity index is 1750. The largest absolute Gasteiger partial charge is 0.369 e. The van der Waals surface area contributed by atoms with Gasteiger partial charge in [0.05, 0.1) is 5.57 Å². The minimum atomic E-state index is -0.448. The van der Waals surface area contributed by atoms with E-state index in [9.17, 15) is 14.4 Å². The van der Waals surface area contributed by atoms with Crippen LogP contribution in [0, 0.1) is 0 Å². The van der Waals surface area contributed by atoms with E-state index in [1.165, 1.54) is 5.69 Å². The lowest BCUT2D eigenvalue weighted by Gasteiger charge is -2.34. The van der Waals surface area contributed by atoms with E-state index in [0.29, 0.717) is 44.3 Å². The second-order valence-corrected chi connectivity index (χ2v) is 11.2. The zero-order valence-corrected chi connectivity index (χ0v) is 24.8. The van der Waals surface area contributed by atoms with Gasteiger partial charge >= 0.3 is 6.03 Å². The lowest BCUT2D eigenvalue weighted by Crippen LogP contribution is -2.44. The molecule has 44 heavy (non-hydrogen) atoms. The molecule has 3 amide bonds. The number of amides is 3. The van der Waals surface area contributed by atoms with Gasteiger partial charge in [0, 0.05) is 82.5 Å². The monoisotopic (exact) mass is 606 g/mol. The Kier molecular flexibility index (Phi) is 8.31. The smallest absolute Gasteiger partial charge is 0.323 e. The quantitative estimate of drug-likeness (QED) is 0.144. The number of piperazine rings is 1. The van der Waals surface area contributed by atoms with Gasteiger partial charge in [0.15, 0.2) is 5.78 Å². The van der Waals surface area contributed by atoms with Gasteiger partial charge in [0.25, 0.3) is 5.91 Å². The number of rotatable bonds is 7. The van der Waals surface area contributed by atoms with Crippen LogP contribution >= 0.6 is 11.6 Å². The van der Waals surface area contributed by atoms with Crippen LogP contribution in [0.15, 0.2) is 97.2 Å². The SMILES string of the molecule is CN1CCN(c2ccc(NC=C3C(=O)Nc4cc(C(=O)c5cccc(NC(=O)Nc6ccc(Cl)cc6)c5)ccc43)cc2)CC1. The molecule has 0 bridgehead atoms. The van der Waals surface area contributed by atoms with Gasteiger partial charge in [-0.15, -0.1) is 0 Å². The second kappa shape index (κ2) is 12.6. The molecule has 0 radical (unpaired) electrons. The van der Waals surface area contributed by atoms with Crippen LogP contribution in [-0.2, 0) is 4.79 Å². The zero-order chi connectivity index (χ0) is 30.6. The van der Waals surface area contributed by atoms with Crippen molar-refractivity contribution in [2.24, 2.45) is 0 Å². The van der Waals surface area contributed by atoms with Gasteiger partial charge < -0.3 is 31.1 Å². The molecule has 0 aromatic heterocycles. The first kappa shape index (κ1) is 29.0. The molecule has 0 saturated carbocycles. The Hall–Kier alpha value is -5.12. The molecule has 2 heterocycles.